The quantitative estimate of drug-likeness (QED) is 0.519. The van der Waals surface area contributed by atoms with Crippen LogP contribution in [-0.4, -0.2) is 60.2 Å². The lowest BCUT2D eigenvalue weighted by molar-refractivity contribution is 0.0314. The molecule has 4 N–H and O–H groups in total. The summed E-state index contributed by atoms with van der Waals surface area (Å²) in [6.45, 7) is 0.125. The van der Waals surface area contributed by atoms with Crippen LogP contribution < -0.4 is 4.72 Å². The van der Waals surface area contributed by atoms with Crippen LogP contribution in [0.5, 0.6) is 0 Å². The number of rotatable bonds is 5. The van der Waals surface area contributed by atoms with Gasteiger partial charge in [0, 0.05) is 19.6 Å². The van der Waals surface area contributed by atoms with Crippen LogP contribution in [0.3, 0.4) is 0 Å². The Morgan fingerprint density at radius 3 is 2.95 bits per heavy atom. The molecule has 1 unspecified atom stereocenters. The fourth-order valence-corrected chi connectivity index (χ4v) is 2.87. The van der Waals surface area contributed by atoms with Gasteiger partial charge in [0.05, 0.1) is 12.8 Å². The zero-order valence-electron chi connectivity index (χ0n) is 9.79. The third-order valence-electron chi connectivity index (χ3n) is 2.78. The second-order valence-electron chi connectivity index (χ2n) is 4.27. The van der Waals surface area contributed by atoms with Gasteiger partial charge in [-0.3, -0.25) is 5.10 Å². The molecule has 1 aromatic rings. The maximum atomic E-state index is 11.9. The summed E-state index contributed by atoms with van der Waals surface area (Å²) in [7, 11) is -4.08. The smallest absolute Gasteiger partial charge is 0.340 e. The van der Waals surface area contributed by atoms with E-state index in [1.54, 1.807) is 0 Å². The van der Waals surface area contributed by atoms with Crippen LogP contribution in [0.1, 0.15) is 16.8 Å². The van der Waals surface area contributed by atoms with E-state index in [0.717, 1.165) is 6.20 Å². The monoisotopic (exact) mass is 291 g/mol. The number of hydrogen-bond donors (Lipinski definition) is 4. The molecule has 10 heteroatoms. The molecule has 0 aromatic carbocycles. The van der Waals surface area contributed by atoms with Crippen molar-refractivity contribution in [2.75, 3.05) is 19.8 Å². The van der Waals surface area contributed by atoms with Crippen molar-refractivity contribution in [3.05, 3.63) is 11.8 Å². The molecule has 106 valence electrons. The highest BCUT2D eigenvalue weighted by Crippen LogP contribution is 2.18. The summed E-state index contributed by atoms with van der Waals surface area (Å²) in [6, 6.07) is 0. The van der Waals surface area contributed by atoms with E-state index >= 15 is 0 Å². The number of H-pyrrole nitrogens is 1. The molecule has 0 aliphatic carbocycles. The molecule has 1 saturated heterocycles. The molecule has 0 bridgehead atoms. The van der Waals surface area contributed by atoms with Crippen LogP contribution in [-0.2, 0) is 14.8 Å². The zero-order valence-corrected chi connectivity index (χ0v) is 10.6. The average molecular weight is 291 g/mol. The Balaban J connectivity index is 2.14. The first-order valence-corrected chi connectivity index (χ1v) is 6.89. The minimum Gasteiger partial charge on any atom is -0.478 e. The number of hydrogen-bond acceptors (Lipinski definition) is 6. The van der Waals surface area contributed by atoms with Crippen molar-refractivity contribution in [1.82, 2.24) is 14.9 Å². The molecule has 1 aromatic heterocycles. The van der Waals surface area contributed by atoms with Gasteiger partial charge in [0.15, 0.2) is 5.03 Å². The Kier molecular flexibility index (Phi) is 3.58. The van der Waals surface area contributed by atoms with Gasteiger partial charge in [-0.1, -0.05) is 0 Å². The first-order chi connectivity index (χ1) is 8.84. The number of nitrogens with zero attached hydrogens (tertiary/aromatic N) is 1. The van der Waals surface area contributed by atoms with E-state index < -0.39 is 32.2 Å². The predicted molar refractivity (Wildman–Crippen MR) is 61.1 cm³/mol. The second-order valence-corrected chi connectivity index (χ2v) is 5.97. The number of nitrogens with one attached hydrogen (secondary N) is 2. The van der Waals surface area contributed by atoms with E-state index in [1.807, 2.05) is 0 Å². The van der Waals surface area contributed by atoms with Crippen molar-refractivity contribution in [2.45, 2.75) is 17.0 Å². The largest absolute Gasteiger partial charge is 0.478 e. The van der Waals surface area contributed by atoms with E-state index in [4.69, 9.17) is 9.84 Å². The van der Waals surface area contributed by atoms with E-state index in [9.17, 15) is 18.3 Å². The first-order valence-electron chi connectivity index (χ1n) is 5.40. The van der Waals surface area contributed by atoms with Crippen molar-refractivity contribution >= 4 is 16.0 Å². The molecule has 9 nitrogen and oxygen atoms in total. The highest BCUT2D eigenvalue weighted by Gasteiger charge is 2.34. The number of aromatic carboxylic acids is 1. The molecule has 1 aliphatic rings. The first kappa shape index (κ1) is 13.9. The van der Waals surface area contributed by atoms with Gasteiger partial charge in [-0.05, 0) is 0 Å². The van der Waals surface area contributed by atoms with Gasteiger partial charge in [-0.15, -0.1) is 0 Å². The maximum absolute atomic E-state index is 11.9. The van der Waals surface area contributed by atoms with Gasteiger partial charge in [0.1, 0.15) is 11.2 Å². The molecule has 2 rings (SSSR count). The summed E-state index contributed by atoms with van der Waals surface area (Å²) in [5, 5.41) is 23.7. The number of aliphatic hydroxyl groups is 1. The van der Waals surface area contributed by atoms with Crippen molar-refractivity contribution in [3.63, 3.8) is 0 Å². The molecular weight excluding hydrogens is 278 g/mol. The van der Waals surface area contributed by atoms with E-state index in [1.165, 1.54) is 0 Å². The molecule has 1 fully saturated rings. The Morgan fingerprint density at radius 1 is 1.63 bits per heavy atom. The average Bonchev–Trinajstić information content (AvgIpc) is 2.96. The zero-order chi connectivity index (χ0) is 14.1. The third-order valence-corrected chi connectivity index (χ3v) is 4.15. The van der Waals surface area contributed by atoms with Gasteiger partial charge >= 0.3 is 5.97 Å². The molecule has 0 spiro atoms. The van der Waals surface area contributed by atoms with Crippen LogP contribution in [0.25, 0.3) is 0 Å². The molecule has 19 heavy (non-hydrogen) atoms. The SMILES string of the molecule is O=C(O)c1cn[nH]c1S(=O)(=O)NCC1(O)CCOC1. The summed E-state index contributed by atoms with van der Waals surface area (Å²) >= 11 is 0. The van der Waals surface area contributed by atoms with Crippen molar-refractivity contribution in [1.29, 1.82) is 0 Å². The number of carbonyl (C=O) groups is 1. The van der Waals surface area contributed by atoms with Crippen molar-refractivity contribution < 1.29 is 28.2 Å². The van der Waals surface area contributed by atoms with Crippen LogP contribution in [0.2, 0.25) is 0 Å². The predicted octanol–water partition coefficient (Wildman–Crippen LogP) is -1.46. The van der Waals surface area contributed by atoms with Gasteiger partial charge in [0.25, 0.3) is 10.0 Å². The van der Waals surface area contributed by atoms with Gasteiger partial charge < -0.3 is 14.9 Å². The molecule has 2 heterocycles. The Morgan fingerprint density at radius 2 is 2.37 bits per heavy atom. The number of carboxylic acids is 1. The fraction of sp³-hybridized carbons (Fsp3) is 0.556. The Labute approximate surface area is 108 Å². The fourth-order valence-electron chi connectivity index (χ4n) is 1.67. The molecule has 0 amide bonds. The lowest BCUT2D eigenvalue weighted by atomic mass is 10.1. The van der Waals surface area contributed by atoms with E-state index in [2.05, 4.69) is 14.9 Å². The van der Waals surface area contributed by atoms with Gasteiger partial charge in [-0.25, -0.2) is 17.9 Å². The second kappa shape index (κ2) is 4.89. The number of sulfonamides is 1. The topological polar surface area (TPSA) is 142 Å². The molecule has 1 atom stereocenters. The maximum Gasteiger partial charge on any atom is 0.340 e. The van der Waals surface area contributed by atoms with Crippen LogP contribution >= 0.6 is 0 Å². The molecule has 0 radical (unpaired) electrons. The highest BCUT2D eigenvalue weighted by atomic mass is 32.2. The van der Waals surface area contributed by atoms with Crippen LogP contribution in [0.15, 0.2) is 11.2 Å². The van der Waals surface area contributed by atoms with E-state index in [0.29, 0.717) is 13.0 Å². The van der Waals surface area contributed by atoms with Crippen LogP contribution in [0.4, 0.5) is 0 Å². The third kappa shape index (κ3) is 2.92. The van der Waals surface area contributed by atoms with Crippen LogP contribution in [0, 0.1) is 0 Å². The summed E-state index contributed by atoms with van der Waals surface area (Å²) < 4.78 is 31.0. The minimum absolute atomic E-state index is 0.0320. The lowest BCUT2D eigenvalue weighted by Gasteiger charge is -2.20. The highest BCUT2D eigenvalue weighted by molar-refractivity contribution is 7.89. The molecule has 0 saturated carbocycles. The summed E-state index contributed by atoms with van der Waals surface area (Å²) in [5.74, 6) is -1.41. The van der Waals surface area contributed by atoms with Crippen molar-refractivity contribution in [3.8, 4) is 0 Å². The Hall–Kier alpha value is -1.49. The number of aromatic nitrogens is 2. The normalized spacial score (nSPS) is 23.6. The minimum atomic E-state index is -4.08. The van der Waals surface area contributed by atoms with Gasteiger partial charge in [0.2, 0.25) is 0 Å². The Bertz CT molecular complexity index is 575. The van der Waals surface area contributed by atoms with E-state index in [-0.39, 0.29) is 13.2 Å². The number of carboxylic acid groups (broad SMARTS) is 1. The molecular formula is C9H13N3O6S. The summed E-state index contributed by atoms with van der Waals surface area (Å²) in [6.07, 6.45) is 1.22. The number of aromatic amines is 1. The summed E-state index contributed by atoms with van der Waals surface area (Å²) in [5.41, 5.74) is -1.72. The molecule has 1 aliphatic heterocycles. The standard InChI is InChI=1S/C9H13N3O6S/c13-8(14)6-3-10-12-7(6)19(16,17)11-4-9(15)1-2-18-5-9/h3,11,15H,1-2,4-5H2,(H,10,12)(H,13,14). The lowest BCUT2D eigenvalue weighted by Crippen LogP contribution is -2.43. The van der Waals surface area contributed by atoms with Crippen molar-refractivity contribution in [2.24, 2.45) is 0 Å². The number of ether oxygens (including phenoxy) is 1. The summed E-state index contributed by atoms with van der Waals surface area (Å²) in [4.78, 5) is 10.8. The van der Waals surface area contributed by atoms with Gasteiger partial charge in [-0.2, -0.15) is 5.10 Å².